The predicted molar refractivity (Wildman–Crippen MR) is 100 cm³/mol. The van der Waals surface area contributed by atoms with Crippen molar-refractivity contribution in [2.45, 2.75) is 24.0 Å². The molecule has 0 spiro atoms. The van der Waals surface area contributed by atoms with Gasteiger partial charge in [-0.3, -0.25) is 14.9 Å². The number of nitro groups is 1. The zero-order valence-corrected chi connectivity index (χ0v) is 15.2. The summed E-state index contributed by atoms with van der Waals surface area (Å²) in [6.45, 7) is 3.45. The highest BCUT2D eigenvalue weighted by molar-refractivity contribution is 8.00. The van der Waals surface area contributed by atoms with Gasteiger partial charge in [-0.05, 0) is 38.1 Å². The highest BCUT2D eigenvalue weighted by atomic mass is 35.5. The van der Waals surface area contributed by atoms with E-state index in [-0.39, 0.29) is 16.8 Å². The quantitative estimate of drug-likeness (QED) is 0.352. The van der Waals surface area contributed by atoms with Crippen molar-refractivity contribution in [3.05, 3.63) is 69.2 Å². The van der Waals surface area contributed by atoms with Gasteiger partial charge in [-0.2, -0.15) is 5.10 Å². The van der Waals surface area contributed by atoms with Crippen LogP contribution in [-0.2, 0) is 4.79 Å². The Hall–Kier alpha value is -2.38. The van der Waals surface area contributed by atoms with Gasteiger partial charge in [0.1, 0.15) is 0 Å². The predicted octanol–water partition coefficient (Wildman–Crippen LogP) is 4.27. The molecule has 2 aromatic carbocycles. The van der Waals surface area contributed by atoms with E-state index in [0.29, 0.717) is 16.3 Å². The van der Waals surface area contributed by atoms with Gasteiger partial charge in [-0.1, -0.05) is 23.7 Å². The maximum atomic E-state index is 12.2. The summed E-state index contributed by atoms with van der Waals surface area (Å²) in [5.41, 5.74) is 3.53. The lowest BCUT2D eigenvalue weighted by Crippen LogP contribution is -2.27. The first-order valence-electron chi connectivity index (χ1n) is 7.38. The molecule has 1 atom stereocenters. The van der Waals surface area contributed by atoms with Gasteiger partial charge in [0.25, 0.3) is 11.6 Å². The Morgan fingerprint density at radius 3 is 2.60 bits per heavy atom. The van der Waals surface area contributed by atoms with E-state index in [1.807, 2.05) is 12.1 Å². The molecule has 0 aromatic heterocycles. The molecule has 2 aromatic rings. The number of thioether (sulfide) groups is 1. The first-order valence-corrected chi connectivity index (χ1v) is 8.64. The molecule has 0 bridgehead atoms. The van der Waals surface area contributed by atoms with Crippen molar-refractivity contribution < 1.29 is 9.72 Å². The van der Waals surface area contributed by atoms with Crippen LogP contribution >= 0.6 is 23.4 Å². The van der Waals surface area contributed by atoms with Crippen LogP contribution in [0.3, 0.4) is 0 Å². The average molecular weight is 378 g/mol. The van der Waals surface area contributed by atoms with Crippen LogP contribution in [0.2, 0.25) is 5.02 Å². The largest absolute Gasteiger partial charge is 0.272 e. The van der Waals surface area contributed by atoms with E-state index < -0.39 is 4.92 Å². The number of halogens is 1. The average Bonchev–Trinajstić information content (AvgIpc) is 2.61. The Morgan fingerprint density at radius 1 is 1.28 bits per heavy atom. The number of nitro benzene ring substituents is 1. The van der Waals surface area contributed by atoms with Gasteiger partial charge in [0.05, 0.1) is 15.9 Å². The normalized spacial score (nSPS) is 12.5. The van der Waals surface area contributed by atoms with Crippen molar-refractivity contribution in [1.29, 1.82) is 0 Å². The summed E-state index contributed by atoms with van der Waals surface area (Å²) in [6, 6.07) is 13.3. The molecule has 2 rings (SSSR count). The third-order valence-electron chi connectivity index (χ3n) is 3.30. The Labute approximate surface area is 154 Å². The number of benzene rings is 2. The monoisotopic (exact) mass is 377 g/mol. The number of rotatable bonds is 6. The van der Waals surface area contributed by atoms with Crippen LogP contribution in [0.4, 0.5) is 5.69 Å². The second-order valence-electron chi connectivity index (χ2n) is 5.19. The van der Waals surface area contributed by atoms with Gasteiger partial charge in [-0.25, -0.2) is 5.43 Å². The molecule has 1 N–H and O–H groups in total. The molecule has 0 heterocycles. The molecule has 1 unspecified atom stereocenters. The highest BCUT2D eigenvalue weighted by Crippen LogP contribution is 2.24. The molecule has 0 saturated carbocycles. The number of amides is 1. The summed E-state index contributed by atoms with van der Waals surface area (Å²) >= 11 is 7.22. The topological polar surface area (TPSA) is 84.6 Å². The Morgan fingerprint density at radius 2 is 1.96 bits per heavy atom. The van der Waals surface area contributed by atoms with E-state index in [1.54, 1.807) is 38.1 Å². The van der Waals surface area contributed by atoms with Gasteiger partial charge in [0.2, 0.25) is 0 Å². The second-order valence-corrected chi connectivity index (χ2v) is 7.05. The molecular weight excluding hydrogens is 362 g/mol. The molecule has 1 amide bonds. The van der Waals surface area contributed by atoms with E-state index in [4.69, 9.17) is 11.6 Å². The standard InChI is InChI=1S/C17H16ClN3O3S/c1-11(13-4-3-5-15(10-13)21(23)24)19-20-17(22)12(2)25-16-8-6-14(18)7-9-16/h3-10,12H,1-2H3,(H,20,22)/b19-11+. The SMILES string of the molecule is C/C(=N\NC(=O)C(C)Sc1ccc(Cl)cc1)c1cccc([N+](=O)[O-])c1. The molecule has 0 aliphatic rings. The zero-order chi connectivity index (χ0) is 18.4. The van der Waals surface area contributed by atoms with Crippen molar-refractivity contribution in [2.24, 2.45) is 5.10 Å². The zero-order valence-electron chi connectivity index (χ0n) is 13.6. The third-order valence-corrected chi connectivity index (χ3v) is 4.67. The molecule has 8 heteroatoms. The number of non-ortho nitro benzene ring substituents is 1. The number of hydrazone groups is 1. The number of hydrogen-bond donors (Lipinski definition) is 1. The van der Waals surface area contributed by atoms with Gasteiger partial charge in [0.15, 0.2) is 0 Å². The van der Waals surface area contributed by atoms with Crippen LogP contribution in [0.1, 0.15) is 19.4 Å². The number of carbonyl (C=O) groups excluding carboxylic acids is 1. The Balaban J connectivity index is 1.99. The fraction of sp³-hybridized carbons (Fsp3) is 0.176. The van der Waals surface area contributed by atoms with Gasteiger partial charge < -0.3 is 0 Å². The van der Waals surface area contributed by atoms with Crippen LogP contribution in [-0.4, -0.2) is 21.8 Å². The van der Waals surface area contributed by atoms with Gasteiger partial charge in [-0.15, -0.1) is 11.8 Å². The minimum atomic E-state index is -0.472. The van der Waals surface area contributed by atoms with Crippen molar-refractivity contribution >= 4 is 40.7 Å². The Bertz CT molecular complexity index is 809. The number of carbonyl (C=O) groups is 1. The van der Waals surface area contributed by atoms with Crippen LogP contribution in [0.5, 0.6) is 0 Å². The fourth-order valence-corrected chi connectivity index (χ4v) is 2.90. The van der Waals surface area contributed by atoms with E-state index >= 15 is 0 Å². The van der Waals surface area contributed by atoms with Crippen LogP contribution < -0.4 is 5.43 Å². The van der Waals surface area contributed by atoms with Crippen LogP contribution in [0, 0.1) is 10.1 Å². The van der Waals surface area contributed by atoms with Crippen molar-refractivity contribution in [3.63, 3.8) is 0 Å². The van der Waals surface area contributed by atoms with Crippen LogP contribution in [0.25, 0.3) is 0 Å². The first kappa shape index (κ1) is 19.0. The van der Waals surface area contributed by atoms with Gasteiger partial charge in [0, 0.05) is 27.6 Å². The van der Waals surface area contributed by atoms with E-state index in [2.05, 4.69) is 10.5 Å². The highest BCUT2D eigenvalue weighted by Gasteiger charge is 2.14. The Kier molecular flexibility index (Phi) is 6.55. The van der Waals surface area contributed by atoms with Crippen molar-refractivity contribution in [3.8, 4) is 0 Å². The summed E-state index contributed by atoms with van der Waals surface area (Å²) in [5, 5.41) is 15.1. The molecule has 0 aliphatic carbocycles. The fourth-order valence-electron chi connectivity index (χ4n) is 1.91. The number of nitrogens with one attached hydrogen (secondary N) is 1. The minimum Gasteiger partial charge on any atom is -0.272 e. The minimum absolute atomic E-state index is 0.0231. The lowest BCUT2D eigenvalue weighted by molar-refractivity contribution is -0.384. The molecule has 130 valence electrons. The third kappa shape index (κ3) is 5.58. The molecule has 6 nitrogen and oxygen atoms in total. The summed E-state index contributed by atoms with van der Waals surface area (Å²) in [4.78, 5) is 23.4. The molecular formula is C17H16ClN3O3S. The van der Waals surface area contributed by atoms with E-state index in [0.717, 1.165) is 4.90 Å². The number of nitrogens with zero attached hydrogens (tertiary/aromatic N) is 2. The molecule has 0 aliphatic heterocycles. The lowest BCUT2D eigenvalue weighted by Gasteiger charge is -2.10. The lowest BCUT2D eigenvalue weighted by atomic mass is 10.1. The van der Waals surface area contributed by atoms with Crippen molar-refractivity contribution in [2.75, 3.05) is 0 Å². The van der Waals surface area contributed by atoms with Gasteiger partial charge >= 0.3 is 0 Å². The maximum Gasteiger partial charge on any atom is 0.270 e. The summed E-state index contributed by atoms with van der Waals surface area (Å²) in [7, 11) is 0. The molecule has 0 radical (unpaired) electrons. The smallest absolute Gasteiger partial charge is 0.270 e. The van der Waals surface area contributed by atoms with E-state index in [9.17, 15) is 14.9 Å². The van der Waals surface area contributed by atoms with Crippen molar-refractivity contribution in [1.82, 2.24) is 5.43 Å². The number of hydrogen-bond acceptors (Lipinski definition) is 5. The molecule has 0 fully saturated rings. The first-order chi connectivity index (χ1) is 11.9. The maximum absolute atomic E-state index is 12.2. The second kappa shape index (κ2) is 8.64. The summed E-state index contributed by atoms with van der Waals surface area (Å²) in [5.74, 6) is -0.260. The summed E-state index contributed by atoms with van der Waals surface area (Å²) < 4.78 is 0. The molecule has 25 heavy (non-hydrogen) atoms. The summed E-state index contributed by atoms with van der Waals surface area (Å²) in [6.07, 6.45) is 0. The van der Waals surface area contributed by atoms with E-state index in [1.165, 1.54) is 23.9 Å². The van der Waals surface area contributed by atoms with Crippen LogP contribution in [0.15, 0.2) is 58.5 Å². The molecule has 0 saturated heterocycles.